The summed E-state index contributed by atoms with van der Waals surface area (Å²) in [6.45, 7) is 2.46. The summed E-state index contributed by atoms with van der Waals surface area (Å²) in [6, 6.07) is 9.14. The molecule has 2 aliphatic carbocycles. The number of fused-ring (bicyclic) bond motifs is 3. The second kappa shape index (κ2) is 3.66. The maximum absolute atomic E-state index is 2.46. The first-order chi connectivity index (χ1) is 7.36. The number of hydrogen-bond donors (Lipinski definition) is 0. The van der Waals surface area contributed by atoms with Crippen molar-refractivity contribution in [1.82, 2.24) is 0 Å². The second-order valence-corrected chi connectivity index (χ2v) is 5.42. The Labute approximate surface area is 92.7 Å². The van der Waals surface area contributed by atoms with Gasteiger partial charge in [-0.25, -0.2) is 0 Å². The van der Waals surface area contributed by atoms with Crippen LogP contribution in [0.15, 0.2) is 24.3 Å². The third-order valence-corrected chi connectivity index (χ3v) is 4.62. The van der Waals surface area contributed by atoms with Crippen molar-refractivity contribution >= 4 is 0 Å². The summed E-state index contributed by atoms with van der Waals surface area (Å²) in [4.78, 5) is 0. The maximum atomic E-state index is 2.46. The molecule has 0 heterocycles. The van der Waals surface area contributed by atoms with Gasteiger partial charge in [0.05, 0.1) is 0 Å². The van der Waals surface area contributed by atoms with Crippen LogP contribution >= 0.6 is 0 Å². The first kappa shape index (κ1) is 9.45. The van der Waals surface area contributed by atoms with Crippen LogP contribution in [0.3, 0.4) is 0 Å². The fraction of sp³-hybridized carbons (Fsp3) is 0.600. The lowest BCUT2D eigenvalue weighted by Crippen LogP contribution is -2.29. The van der Waals surface area contributed by atoms with Gasteiger partial charge in [0.15, 0.2) is 0 Å². The summed E-state index contributed by atoms with van der Waals surface area (Å²) in [5.74, 6) is 2.82. The van der Waals surface area contributed by atoms with E-state index in [0.29, 0.717) is 0 Å². The first-order valence-corrected chi connectivity index (χ1v) is 6.44. The van der Waals surface area contributed by atoms with Crippen LogP contribution in [0.5, 0.6) is 0 Å². The van der Waals surface area contributed by atoms with Crippen molar-refractivity contribution in [3.8, 4) is 0 Å². The van der Waals surface area contributed by atoms with Crippen LogP contribution in [0.25, 0.3) is 0 Å². The molecule has 0 heteroatoms. The Bertz CT molecular complexity index is 353. The van der Waals surface area contributed by atoms with Crippen LogP contribution in [-0.4, -0.2) is 0 Å². The summed E-state index contributed by atoms with van der Waals surface area (Å²) in [5, 5.41) is 0. The van der Waals surface area contributed by atoms with Crippen molar-refractivity contribution in [3.63, 3.8) is 0 Å². The summed E-state index contributed by atoms with van der Waals surface area (Å²) in [7, 11) is 0. The molecule has 3 atom stereocenters. The van der Waals surface area contributed by atoms with Crippen LogP contribution in [0.2, 0.25) is 0 Å². The van der Waals surface area contributed by atoms with E-state index in [4.69, 9.17) is 0 Å². The van der Waals surface area contributed by atoms with Crippen LogP contribution in [0, 0.1) is 11.8 Å². The highest BCUT2D eigenvalue weighted by Crippen LogP contribution is 2.47. The Balaban J connectivity index is 1.99. The van der Waals surface area contributed by atoms with E-state index >= 15 is 0 Å². The van der Waals surface area contributed by atoms with Gasteiger partial charge in [0.2, 0.25) is 0 Å². The predicted molar refractivity (Wildman–Crippen MR) is 64.0 cm³/mol. The van der Waals surface area contributed by atoms with Crippen molar-refractivity contribution in [1.29, 1.82) is 0 Å². The molecule has 2 unspecified atom stereocenters. The molecule has 80 valence electrons. The average molecular weight is 200 g/mol. The van der Waals surface area contributed by atoms with Crippen molar-refractivity contribution < 1.29 is 0 Å². The normalized spacial score (nSPS) is 34.3. The standard InChI is InChI=1S/C15H20/c1-11-5-4-8-15-13(11)10-9-12-6-2-3-7-14(12)15/h2-3,6-7,11,13,15H,4-5,8-10H2,1H3/t11?,13-,15?/m1/s1. The van der Waals surface area contributed by atoms with E-state index in [9.17, 15) is 0 Å². The molecule has 1 aromatic rings. The van der Waals surface area contributed by atoms with Crippen molar-refractivity contribution in [3.05, 3.63) is 35.4 Å². The third kappa shape index (κ3) is 1.51. The quantitative estimate of drug-likeness (QED) is 0.590. The van der Waals surface area contributed by atoms with E-state index in [-0.39, 0.29) is 0 Å². The Hall–Kier alpha value is -0.780. The monoisotopic (exact) mass is 200 g/mol. The molecule has 15 heavy (non-hydrogen) atoms. The van der Waals surface area contributed by atoms with E-state index in [1.807, 2.05) is 0 Å². The zero-order chi connectivity index (χ0) is 10.3. The van der Waals surface area contributed by atoms with E-state index in [2.05, 4.69) is 31.2 Å². The van der Waals surface area contributed by atoms with Gasteiger partial charge < -0.3 is 0 Å². The summed E-state index contributed by atoms with van der Waals surface area (Å²) >= 11 is 0. The number of aryl methyl sites for hydroxylation is 1. The van der Waals surface area contributed by atoms with Gasteiger partial charge in [-0.05, 0) is 48.1 Å². The molecule has 0 aliphatic heterocycles. The zero-order valence-electron chi connectivity index (χ0n) is 9.58. The van der Waals surface area contributed by atoms with Crippen molar-refractivity contribution in [2.24, 2.45) is 11.8 Å². The number of benzene rings is 1. The molecule has 0 nitrogen and oxygen atoms in total. The summed E-state index contributed by atoms with van der Waals surface area (Å²) in [6.07, 6.45) is 7.09. The Kier molecular flexibility index (Phi) is 2.31. The van der Waals surface area contributed by atoms with Gasteiger partial charge in [0.25, 0.3) is 0 Å². The molecule has 0 saturated heterocycles. The third-order valence-electron chi connectivity index (χ3n) is 4.62. The Morgan fingerprint density at radius 3 is 2.87 bits per heavy atom. The van der Waals surface area contributed by atoms with Crippen molar-refractivity contribution in [2.75, 3.05) is 0 Å². The minimum absolute atomic E-state index is 0.888. The van der Waals surface area contributed by atoms with Gasteiger partial charge in [0.1, 0.15) is 0 Å². The molecule has 1 saturated carbocycles. The van der Waals surface area contributed by atoms with E-state index in [0.717, 1.165) is 17.8 Å². The van der Waals surface area contributed by atoms with Crippen LogP contribution in [-0.2, 0) is 6.42 Å². The minimum atomic E-state index is 0.888. The smallest absolute Gasteiger partial charge is 0.0128 e. The van der Waals surface area contributed by atoms with E-state index < -0.39 is 0 Å². The molecule has 0 radical (unpaired) electrons. The zero-order valence-corrected chi connectivity index (χ0v) is 9.58. The van der Waals surface area contributed by atoms with E-state index in [1.54, 1.807) is 11.1 Å². The molecular formula is C15H20. The van der Waals surface area contributed by atoms with Gasteiger partial charge in [-0.15, -0.1) is 0 Å². The maximum Gasteiger partial charge on any atom is -0.0128 e. The highest BCUT2D eigenvalue weighted by atomic mass is 14.4. The predicted octanol–water partition coefficient (Wildman–Crippen LogP) is 4.15. The number of hydrogen-bond acceptors (Lipinski definition) is 0. The highest BCUT2D eigenvalue weighted by molar-refractivity contribution is 5.33. The first-order valence-electron chi connectivity index (χ1n) is 6.44. The van der Waals surface area contributed by atoms with Crippen LogP contribution in [0.1, 0.15) is 49.7 Å². The van der Waals surface area contributed by atoms with Crippen LogP contribution < -0.4 is 0 Å². The molecule has 3 rings (SSSR count). The molecule has 1 fully saturated rings. The summed E-state index contributed by atoms with van der Waals surface area (Å²) in [5.41, 5.74) is 3.31. The SMILES string of the molecule is CC1CCCC2c3ccccc3CC[C@H]12. The van der Waals surface area contributed by atoms with Gasteiger partial charge >= 0.3 is 0 Å². The molecule has 2 aliphatic rings. The molecule has 0 N–H and O–H groups in total. The molecule has 0 spiro atoms. The Morgan fingerprint density at radius 1 is 1.07 bits per heavy atom. The molecule has 0 amide bonds. The van der Waals surface area contributed by atoms with Gasteiger partial charge in [-0.2, -0.15) is 0 Å². The lowest BCUT2D eigenvalue weighted by atomic mass is 9.64. The molecular weight excluding hydrogens is 180 g/mol. The molecule has 0 aromatic heterocycles. The second-order valence-electron chi connectivity index (χ2n) is 5.42. The topological polar surface area (TPSA) is 0 Å². The van der Waals surface area contributed by atoms with Gasteiger partial charge in [-0.3, -0.25) is 0 Å². The Morgan fingerprint density at radius 2 is 1.93 bits per heavy atom. The molecule has 0 bridgehead atoms. The van der Waals surface area contributed by atoms with Gasteiger partial charge in [-0.1, -0.05) is 44.0 Å². The minimum Gasteiger partial charge on any atom is -0.0622 e. The lowest BCUT2D eigenvalue weighted by molar-refractivity contribution is 0.195. The summed E-state index contributed by atoms with van der Waals surface area (Å²) < 4.78 is 0. The number of rotatable bonds is 0. The van der Waals surface area contributed by atoms with E-state index in [1.165, 1.54) is 32.1 Å². The fourth-order valence-electron chi connectivity index (χ4n) is 3.80. The average Bonchev–Trinajstić information content (AvgIpc) is 2.29. The fourth-order valence-corrected chi connectivity index (χ4v) is 3.80. The largest absolute Gasteiger partial charge is 0.0622 e. The van der Waals surface area contributed by atoms with Gasteiger partial charge in [0, 0.05) is 0 Å². The molecule has 1 aromatic carbocycles. The van der Waals surface area contributed by atoms with Crippen molar-refractivity contribution in [2.45, 2.75) is 44.9 Å². The highest BCUT2D eigenvalue weighted by Gasteiger charge is 2.35. The van der Waals surface area contributed by atoms with Crippen LogP contribution in [0.4, 0.5) is 0 Å². The lowest BCUT2D eigenvalue weighted by Gasteiger charge is -2.41.